The fraction of sp³-hybridized carbons (Fsp3) is 0.300. The minimum atomic E-state index is -0.866. The first kappa shape index (κ1) is 17.7. The highest BCUT2D eigenvalue weighted by Gasteiger charge is 2.22. The van der Waals surface area contributed by atoms with Crippen molar-refractivity contribution in [3.05, 3.63) is 65.7 Å². The Labute approximate surface area is 142 Å². The topological polar surface area (TPSA) is 66.4 Å². The lowest BCUT2D eigenvalue weighted by molar-refractivity contribution is -0.136. The lowest BCUT2D eigenvalue weighted by Crippen LogP contribution is -2.28. The van der Waals surface area contributed by atoms with Crippen LogP contribution >= 0.6 is 0 Å². The second-order valence-electron chi connectivity index (χ2n) is 6.30. The van der Waals surface area contributed by atoms with Crippen LogP contribution in [0.5, 0.6) is 0 Å². The summed E-state index contributed by atoms with van der Waals surface area (Å²) < 4.78 is 0. The van der Waals surface area contributed by atoms with Crippen LogP contribution in [0, 0.1) is 11.8 Å². The van der Waals surface area contributed by atoms with Gasteiger partial charge >= 0.3 is 5.97 Å². The Hall–Kier alpha value is -2.62. The number of amides is 1. The molecule has 0 radical (unpaired) electrons. The second kappa shape index (κ2) is 8.29. The van der Waals surface area contributed by atoms with Gasteiger partial charge in [-0.05, 0) is 35.6 Å². The van der Waals surface area contributed by atoms with E-state index < -0.39 is 5.97 Å². The van der Waals surface area contributed by atoms with Gasteiger partial charge in [-0.15, -0.1) is 0 Å². The number of benzene rings is 2. The SMILES string of the molecule is CC(C)C(Cc1ccccc1)C(=O)Nc1ccc(CC(=O)O)cc1. The number of hydrogen-bond donors (Lipinski definition) is 2. The fourth-order valence-corrected chi connectivity index (χ4v) is 2.61. The molecule has 1 atom stereocenters. The van der Waals surface area contributed by atoms with Gasteiger partial charge in [0.15, 0.2) is 0 Å². The van der Waals surface area contributed by atoms with E-state index in [0.29, 0.717) is 17.7 Å². The number of rotatable bonds is 7. The molecule has 0 saturated heterocycles. The molecule has 126 valence electrons. The van der Waals surface area contributed by atoms with E-state index in [9.17, 15) is 9.59 Å². The van der Waals surface area contributed by atoms with Gasteiger partial charge in [0.25, 0.3) is 0 Å². The predicted molar refractivity (Wildman–Crippen MR) is 94.9 cm³/mol. The molecule has 0 fully saturated rings. The standard InChI is InChI=1S/C20H23NO3/c1-14(2)18(12-15-6-4-3-5-7-15)20(24)21-17-10-8-16(9-11-17)13-19(22)23/h3-11,14,18H,12-13H2,1-2H3,(H,21,24)(H,22,23). The summed E-state index contributed by atoms with van der Waals surface area (Å²) >= 11 is 0. The third-order valence-electron chi connectivity index (χ3n) is 4.02. The van der Waals surface area contributed by atoms with Crippen LogP contribution in [0.25, 0.3) is 0 Å². The van der Waals surface area contributed by atoms with Crippen LogP contribution < -0.4 is 5.32 Å². The highest BCUT2D eigenvalue weighted by molar-refractivity contribution is 5.92. The number of anilines is 1. The number of nitrogens with one attached hydrogen (secondary N) is 1. The first-order valence-corrected chi connectivity index (χ1v) is 8.11. The van der Waals surface area contributed by atoms with Gasteiger partial charge in [0, 0.05) is 11.6 Å². The third kappa shape index (κ3) is 5.23. The molecule has 0 saturated carbocycles. The summed E-state index contributed by atoms with van der Waals surface area (Å²) in [6.07, 6.45) is 0.679. The summed E-state index contributed by atoms with van der Waals surface area (Å²) in [5, 5.41) is 11.7. The maximum absolute atomic E-state index is 12.6. The predicted octanol–water partition coefficient (Wildman–Crippen LogP) is 3.77. The molecular formula is C20H23NO3. The van der Waals surface area contributed by atoms with Gasteiger partial charge in [-0.3, -0.25) is 9.59 Å². The average Bonchev–Trinajstić information content (AvgIpc) is 2.54. The van der Waals surface area contributed by atoms with E-state index in [1.165, 1.54) is 0 Å². The van der Waals surface area contributed by atoms with Crippen LogP contribution in [-0.4, -0.2) is 17.0 Å². The minimum Gasteiger partial charge on any atom is -0.481 e. The molecule has 0 spiro atoms. The average molecular weight is 325 g/mol. The van der Waals surface area contributed by atoms with Crippen molar-refractivity contribution in [1.82, 2.24) is 0 Å². The van der Waals surface area contributed by atoms with Crippen molar-refractivity contribution in [1.29, 1.82) is 0 Å². The zero-order valence-electron chi connectivity index (χ0n) is 14.0. The number of aliphatic carboxylic acids is 1. The van der Waals surface area contributed by atoms with Gasteiger partial charge < -0.3 is 10.4 Å². The summed E-state index contributed by atoms with van der Waals surface area (Å²) in [5.74, 6) is -0.781. The van der Waals surface area contributed by atoms with Crippen molar-refractivity contribution in [3.8, 4) is 0 Å². The Morgan fingerprint density at radius 3 is 2.12 bits per heavy atom. The van der Waals surface area contributed by atoms with E-state index >= 15 is 0 Å². The summed E-state index contributed by atoms with van der Waals surface area (Å²) in [6, 6.07) is 16.9. The van der Waals surface area contributed by atoms with Gasteiger partial charge in [0.05, 0.1) is 6.42 Å². The number of carbonyl (C=O) groups excluding carboxylic acids is 1. The molecule has 0 heterocycles. The van der Waals surface area contributed by atoms with Crippen molar-refractivity contribution >= 4 is 17.6 Å². The van der Waals surface area contributed by atoms with Gasteiger partial charge in [0.1, 0.15) is 0 Å². The lowest BCUT2D eigenvalue weighted by atomic mass is 9.88. The van der Waals surface area contributed by atoms with E-state index in [-0.39, 0.29) is 24.2 Å². The molecular weight excluding hydrogens is 302 g/mol. The molecule has 2 aromatic rings. The van der Waals surface area contributed by atoms with E-state index in [4.69, 9.17) is 5.11 Å². The first-order valence-electron chi connectivity index (χ1n) is 8.11. The van der Waals surface area contributed by atoms with Gasteiger partial charge in [-0.2, -0.15) is 0 Å². The summed E-state index contributed by atoms with van der Waals surface area (Å²) in [7, 11) is 0. The maximum Gasteiger partial charge on any atom is 0.307 e. The molecule has 0 aliphatic rings. The van der Waals surface area contributed by atoms with Crippen molar-refractivity contribution < 1.29 is 14.7 Å². The highest BCUT2D eigenvalue weighted by atomic mass is 16.4. The summed E-state index contributed by atoms with van der Waals surface area (Å²) in [5.41, 5.74) is 2.54. The Morgan fingerprint density at radius 1 is 0.958 bits per heavy atom. The molecule has 24 heavy (non-hydrogen) atoms. The minimum absolute atomic E-state index is 0.0140. The maximum atomic E-state index is 12.6. The normalized spacial score (nSPS) is 12.0. The first-order chi connectivity index (χ1) is 11.5. The lowest BCUT2D eigenvalue weighted by Gasteiger charge is -2.20. The molecule has 0 bridgehead atoms. The quantitative estimate of drug-likeness (QED) is 0.814. The smallest absolute Gasteiger partial charge is 0.307 e. The zero-order chi connectivity index (χ0) is 17.5. The number of hydrogen-bond acceptors (Lipinski definition) is 2. The van der Waals surface area contributed by atoms with Crippen LogP contribution in [0.3, 0.4) is 0 Å². The van der Waals surface area contributed by atoms with E-state index in [2.05, 4.69) is 5.32 Å². The van der Waals surface area contributed by atoms with Crippen LogP contribution in [0.1, 0.15) is 25.0 Å². The van der Waals surface area contributed by atoms with E-state index in [0.717, 1.165) is 5.56 Å². The van der Waals surface area contributed by atoms with Gasteiger partial charge in [0.2, 0.25) is 5.91 Å². The van der Waals surface area contributed by atoms with Crippen molar-refractivity contribution in [2.45, 2.75) is 26.7 Å². The molecule has 0 aliphatic heterocycles. The Morgan fingerprint density at radius 2 is 1.58 bits per heavy atom. The number of carboxylic acid groups (broad SMARTS) is 1. The number of carboxylic acids is 1. The van der Waals surface area contributed by atoms with Crippen LogP contribution in [0.4, 0.5) is 5.69 Å². The zero-order valence-corrected chi connectivity index (χ0v) is 14.0. The Bertz CT molecular complexity index is 678. The Balaban J connectivity index is 2.03. The van der Waals surface area contributed by atoms with E-state index in [1.54, 1.807) is 24.3 Å². The van der Waals surface area contributed by atoms with Gasteiger partial charge in [-0.1, -0.05) is 56.3 Å². The Kier molecular flexibility index (Phi) is 6.13. The van der Waals surface area contributed by atoms with Crippen molar-refractivity contribution in [2.75, 3.05) is 5.32 Å². The molecule has 1 amide bonds. The monoisotopic (exact) mass is 325 g/mol. The third-order valence-corrected chi connectivity index (χ3v) is 4.02. The van der Waals surface area contributed by atoms with Crippen LogP contribution in [-0.2, 0) is 22.4 Å². The van der Waals surface area contributed by atoms with Crippen LogP contribution in [0.2, 0.25) is 0 Å². The molecule has 0 aromatic heterocycles. The van der Waals surface area contributed by atoms with Crippen molar-refractivity contribution in [2.24, 2.45) is 11.8 Å². The highest BCUT2D eigenvalue weighted by Crippen LogP contribution is 2.20. The molecule has 2 N–H and O–H groups in total. The summed E-state index contributed by atoms with van der Waals surface area (Å²) in [6.45, 7) is 4.09. The fourth-order valence-electron chi connectivity index (χ4n) is 2.61. The number of carbonyl (C=O) groups is 2. The van der Waals surface area contributed by atoms with Gasteiger partial charge in [-0.25, -0.2) is 0 Å². The molecule has 2 aromatic carbocycles. The molecule has 0 aliphatic carbocycles. The molecule has 1 unspecified atom stereocenters. The second-order valence-corrected chi connectivity index (χ2v) is 6.30. The molecule has 4 nitrogen and oxygen atoms in total. The summed E-state index contributed by atoms with van der Waals surface area (Å²) in [4.78, 5) is 23.3. The molecule has 2 rings (SSSR count). The van der Waals surface area contributed by atoms with E-state index in [1.807, 2.05) is 44.2 Å². The largest absolute Gasteiger partial charge is 0.481 e. The van der Waals surface area contributed by atoms with Crippen LogP contribution in [0.15, 0.2) is 54.6 Å². The molecule has 4 heteroatoms. The van der Waals surface area contributed by atoms with Crippen molar-refractivity contribution in [3.63, 3.8) is 0 Å².